The van der Waals surface area contributed by atoms with E-state index in [1.54, 1.807) is 6.20 Å². The van der Waals surface area contributed by atoms with Gasteiger partial charge in [0.05, 0.1) is 5.92 Å². The lowest BCUT2D eigenvalue weighted by molar-refractivity contribution is -0.145. The van der Waals surface area contributed by atoms with E-state index in [2.05, 4.69) is 9.97 Å². The van der Waals surface area contributed by atoms with Crippen LogP contribution in [0, 0.1) is 6.92 Å². The molecule has 0 saturated carbocycles. The lowest BCUT2D eigenvalue weighted by atomic mass is 9.98. The van der Waals surface area contributed by atoms with E-state index in [9.17, 15) is 4.79 Å². The molecule has 1 aromatic heterocycles. The van der Waals surface area contributed by atoms with E-state index in [1.807, 2.05) is 17.9 Å². The molecule has 0 aliphatic carbocycles. The van der Waals surface area contributed by atoms with Crippen molar-refractivity contribution in [3.63, 3.8) is 0 Å². The van der Waals surface area contributed by atoms with Gasteiger partial charge in [0, 0.05) is 31.6 Å². The molecule has 0 bridgehead atoms. The van der Waals surface area contributed by atoms with Crippen molar-refractivity contribution < 1.29 is 9.53 Å². The highest BCUT2D eigenvalue weighted by molar-refractivity contribution is 5.82. The Labute approximate surface area is 106 Å². The predicted octanol–water partition coefficient (Wildman–Crippen LogP) is 0.890. The molecule has 2 saturated heterocycles. The molecule has 2 aliphatic rings. The van der Waals surface area contributed by atoms with Gasteiger partial charge in [-0.2, -0.15) is 0 Å². The van der Waals surface area contributed by atoms with Crippen LogP contribution in [-0.2, 0) is 9.53 Å². The van der Waals surface area contributed by atoms with Gasteiger partial charge in [-0.15, -0.1) is 0 Å². The monoisotopic (exact) mass is 247 g/mol. The van der Waals surface area contributed by atoms with Gasteiger partial charge in [0.15, 0.2) is 0 Å². The zero-order chi connectivity index (χ0) is 12.5. The Morgan fingerprint density at radius 1 is 1.50 bits per heavy atom. The van der Waals surface area contributed by atoms with Gasteiger partial charge in [-0.25, -0.2) is 9.97 Å². The summed E-state index contributed by atoms with van der Waals surface area (Å²) in [5, 5.41) is 0. The first-order valence-electron chi connectivity index (χ1n) is 6.44. The minimum Gasteiger partial charge on any atom is -0.368 e. The topological polar surface area (TPSA) is 55.3 Å². The normalized spacial score (nSPS) is 24.1. The predicted molar refractivity (Wildman–Crippen MR) is 65.1 cm³/mol. The molecule has 18 heavy (non-hydrogen) atoms. The summed E-state index contributed by atoms with van der Waals surface area (Å²) in [5.74, 6) is 1.28. The van der Waals surface area contributed by atoms with E-state index in [-0.39, 0.29) is 17.9 Å². The third-order valence-corrected chi connectivity index (χ3v) is 3.58. The van der Waals surface area contributed by atoms with Crippen molar-refractivity contribution in [2.24, 2.45) is 0 Å². The Hall–Kier alpha value is -1.49. The first-order chi connectivity index (χ1) is 8.74. The lowest BCUT2D eigenvalue weighted by Gasteiger charge is -2.39. The largest absolute Gasteiger partial charge is 0.368 e. The minimum absolute atomic E-state index is 0.136. The second-order valence-corrected chi connectivity index (χ2v) is 5.00. The highest BCUT2D eigenvalue weighted by Gasteiger charge is 2.37. The highest BCUT2D eigenvalue weighted by atomic mass is 16.5. The number of ether oxygens (including phenoxy) is 1. The molecule has 5 heteroatoms. The molecule has 1 atom stereocenters. The molecular weight excluding hydrogens is 230 g/mol. The van der Waals surface area contributed by atoms with Crippen LogP contribution in [0.2, 0.25) is 0 Å². The van der Waals surface area contributed by atoms with Crippen LogP contribution in [0.1, 0.15) is 30.3 Å². The molecule has 0 aromatic carbocycles. The summed E-state index contributed by atoms with van der Waals surface area (Å²) in [7, 11) is 0. The molecule has 3 rings (SSSR count). The number of carbonyl (C=O) groups excluding carboxylic acids is 1. The fraction of sp³-hybridized carbons (Fsp3) is 0.615. The van der Waals surface area contributed by atoms with E-state index >= 15 is 0 Å². The summed E-state index contributed by atoms with van der Waals surface area (Å²) < 4.78 is 5.41. The zero-order valence-electron chi connectivity index (χ0n) is 10.5. The van der Waals surface area contributed by atoms with Crippen LogP contribution < -0.4 is 0 Å². The Bertz CT molecular complexity index is 451. The summed E-state index contributed by atoms with van der Waals surface area (Å²) in [6.07, 6.45) is 3.43. The Kier molecular flexibility index (Phi) is 2.99. The Balaban J connectivity index is 1.58. The SMILES string of the molecule is Cc1ccnc(C2CN(C(=O)C3CCCO3)C2)n1. The van der Waals surface area contributed by atoms with Crippen molar-refractivity contribution >= 4 is 5.91 Å². The second kappa shape index (κ2) is 4.65. The van der Waals surface area contributed by atoms with Crippen molar-refractivity contribution in [3.05, 3.63) is 23.8 Å². The Morgan fingerprint density at radius 2 is 2.33 bits per heavy atom. The smallest absolute Gasteiger partial charge is 0.251 e. The molecule has 1 unspecified atom stereocenters. The number of hydrogen-bond acceptors (Lipinski definition) is 4. The van der Waals surface area contributed by atoms with Gasteiger partial charge in [-0.3, -0.25) is 4.79 Å². The van der Waals surface area contributed by atoms with Crippen molar-refractivity contribution in [1.82, 2.24) is 14.9 Å². The third kappa shape index (κ3) is 2.10. The lowest BCUT2D eigenvalue weighted by Crippen LogP contribution is -2.52. The molecule has 5 nitrogen and oxygen atoms in total. The van der Waals surface area contributed by atoms with Crippen LogP contribution in [0.25, 0.3) is 0 Å². The molecular formula is C13H17N3O2. The molecule has 96 valence electrons. The summed E-state index contributed by atoms with van der Waals surface area (Å²) in [5.41, 5.74) is 0.976. The molecule has 1 aromatic rings. The maximum absolute atomic E-state index is 12.0. The number of nitrogens with zero attached hydrogens (tertiary/aromatic N) is 3. The maximum Gasteiger partial charge on any atom is 0.251 e. The molecule has 3 heterocycles. The molecule has 0 N–H and O–H groups in total. The van der Waals surface area contributed by atoms with Crippen molar-refractivity contribution in [2.75, 3.05) is 19.7 Å². The fourth-order valence-electron chi connectivity index (χ4n) is 2.46. The maximum atomic E-state index is 12.0. The van der Waals surface area contributed by atoms with Crippen LogP contribution in [-0.4, -0.2) is 46.6 Å². The number of carbonyl (C=O) groups is 1. The first kappa shape index (κ1) is 11.6. The van der Waals surface area contributed by atoms with E-state index in [0.29, 0.717) is 6.61 Å². The van der Waals surface area contributed by atoms with Crippen LogP contribution >= 0.6 is 0 Å². The van der Waals surface area contributed by atoms with Gasteiger partial charge in [-0.1, -0.05) is 0 Å². The molecule has 2 fully saturated rings. The summed E-state index contributed by atoms with van der Waals surface area (Å²) >= 11 is 0. The van der Waals surface area contributed by atoms with E-state index in [4.69, 9.17) is 4.74 Å². The van der Waals surface area contributed by atoms with Gasteiger partial charge < -0.3 is 9.64 Å². The average Bonchev–Trinajstić information content (AvgIpc) is 2.80. The van der Waals surface area contributed by atoms with Crippen molar-refractivity contribution in [1.29, 1.82) is 0 Å². The third-order valence-electron chi connectivity index (χ3n) is 3.58. The summed E-state index contributed by atoms with van der Waals surface area (Å²) in [6.45, 7) is 4.12. The van der Waals surface area contributed by atoms with E-state index in [1.165, 1.54) is 0 Å². The average molecular weight is 247 g/mol. The van der Waals surface area contributed by atoms with Crippen LogP contribution in [0.15, 0.2) is 12.3 Å². The summed E-state index contributed by atoms with van der Waals surface area (Å²) in [4.78, 5) is 22.6. The van der Waals surface area contributed by atoms with Crippen molar-refractivity contribution in [3.8, 4) is 0 Å². The molecule has 0 spiro atoms. The van der Waals surface area contributed by atoms with Crippen LogP contribution in [0.4, 0.5) is 0 Å². The van der Waals surface area contributed by atoms with Gasteiger partial charge >= 0.3 is 0 Å². The van der Waals surface area contributed by atoms with Gasteiger partial charge in [0.2, 0.25) is 0 Å². The zero-order valence-corrected chi connectivity index (χ0v) is 10.5. The molecule has 0 radical (unpaired) electrons. The number of hydrogen-bond donors (Lipinski definition) is 0. The second-order valence-electron chi connectivity index (χ2n) is 5.00. The fourth-order valence-corrected chi connectivity index (χ4v) is 2.46. The van der Waals surface area contributed by atoms with E-state index < -0.39 is 0 Å². The molecule has 1 amide bonds. The van der Waals surface area contributed by atoms with Crippen molar-refractivity contribution in [2.45, 2.75) is 31.8 Å². The standard InChI is InChI=1S/C13H17N3O2/c1-9-4-5-14-12(15-9)10-7-16(8-10)13(17)11-3-2-6-18-11/h4-5,10-11H,2-3,6-8H2,1H3. The Morgan fingerprint density at radius 3 is 3.00 bits per heavy atom. The number of likely N-dealkylation sites (tertiary alicyclic amines) is 1. The number of amides is 1. The number of aryl methyl sites for hydroxylation is 1. The highest BCUT2D eigenvalue weighted by Crippen LogP contribution is 2.27. The number of rotatable bonds is 2. The quantitative estimate of drug-likeness (QED) is 0.779. The minimum atomic E-state index is -0.204. The van der Waals surface area contributed by atoms with Gasteiger partial charge in [0.1, 0.15) is 11.9 Å². The van der Waals surface area contributed by atoms with Gasteiger partial charge in [-0.05, 0) is 25.8 Å². The van der Waals surface area contributed by atoms with Crippen LogP contribution in [0.3, 0.4) is 0 Å². The number of aromatic nitrogens is 2. The van der Waals surface area contributed by atoms with Gasteiger partial charge in [0.25, 0.3) is 5.91 Å². The van der Waals surface area contributed by atoms with E-state index in [0.717, 1.165) is 37.4 Å². The van der Waals surface area contributed by atoms with Crippen LogP contribution in [0.5, 0.6) is 0 Å². The first-order valence-corrected chi connectivity index (χ1v) is 6.44. The summed E-state index contributed by atoms with van der Waals surface area (Å²) in [6, 6.07) is 1.89. The molecule has 2 aliphatic heterocycles.